The van der Waals surface area contributed by atoms with Gasteiger partial charge in [-0.1, -0.05) is 0 Å². The molecule has 0 aliphatic carbocycles. The average Bonchev–Trinajstić information content (AvgIpc) is 2.42. The maximum atomic E-state index is 13.0. The van der Waals surface area contributed by atoms with Gasteiger partial charge in [0.15, 0.2) is 6.10 Å². The van der Waals surface area contributed by atoms with Crippen LogP contribution >= 0.6 is 0 Å². The van der Waals surface area contributed by atoms with Gasteiger partial charge in [0.1, 0.15) is 5.75 Å². The number of carboxylic acid groups (broad SMARTS) is 1. The Labute approximate surface area is 131 Å². The quantitative estimate of drug-likeness (QED) is 0.798. The average molecular weight is 356 g/mol. The molecule has 2 N–H and O–H groups in total. The topological polar surface area (TPSA) is 66.8 Å². The van der Waals surface area contributed by atoms with E-state index in [1.54, 1.807) is 0 Å². The highest BCUT2D eigenvalue weighted by molar-refractivity contribution is 5.95. The first-order valence-corrected chi connectivity index (χ1v) is 6.40. The number of halogens is 6. The molecule has 1 aliphatic heterocycles. The molecule has 0 bridgehead atoms. The number of aryl methyl sites for hydroxylation is 1. The molecule has 1 heterocycles. The number of carbonyl (C=O) groups is 1. The van der Waals surface area contributed by atoms with Gasteiger partial charge in [0.2, 0.25) is 6.10 Å². The van der Waals surface area contributed by atoms with E-state index in [4.69, 9.17) is 5.11 Å². The minimum absolute atomic E-state index is 0.182. The van der Waals surface area contributed by atoms with E-state index in [1.807, 2.05) is 0 Å². The van der Waals surface area contributed by atoms with Crippen molar-refractivity contribution in [1.82, 2.24) is 0 Å². The number of benzene rings is 1. The third kappa shape index (κ3) is 3.32. The van der Waals surface area contributed by atoms with Crippen molar-refractivity contribution >= 4 is 12.0 Å². The van der Waals surface area contributed by atoms with Crippen LogP contribution in [-0.2, 0) is 4.79 Å². The molecule has 4 nitrogen and oxygen atoms in total. The van der Waals surface area contributed by atoms with Crippen molar-refractivity contribution in [2.75, 3.05) is 0 Å². The van der Waals surface area contributed by atoms with Gasteiger partial charge in [0, 0.05) is 11.1 Å². The summed E-state index contributed by atoms with van der Waals surface area (Å²) in [5, 5.41) is 18.3. The molecule has 2 atom stereocenters. The second kappa shape index (κ2) is 5.69. The van der Waals surface area contributed by atoms with Crippen molar-refractivity contribution in [1.29, 1.82) is 0 Å². The molecule has 10 heteroatoms. The minimum Gasteiger partial charge on any atom is -0.478 e. The first kappa shape index (κ1) is 18.1. The predicted molar refractivity (Wildman–Crippen MR) is 68.3 cm³/mol. The van der Waals surface area contributed by atoms with Gasteiger partial charge < -0.3 is 14.9 Å². The van der Waals surface area contributed by atoms with Crippen LogP contribution in [0, 0.1) is 6.92 Å². The highest BCUT2D eigenvalue weighted by atomic mass is 19.4. The van der Waals surface area contributed by atoms with Crippen LogP contribution < -0.4 is 4.74 Å². The van der Waals surface area contributed by atoms with Gasteiger partial charge in [-0.25, -0.2) is 4.79 Å². The maximum Gasteiger partial charge on any atom is 0.430 e. The lowest BCUT2D eigenvalue weighted by atomic mass is 9.94. The zero-order valence-electron chi connectivity index (χ0n) is 11.9. The third-order valence-corrected chi connectivity index (χ3v) is 3.27. The van der Waals surface area contributed by atoms with E-state index >= 15 is 0 Å². The number of hydrogen-bond donors (Lipinski definition) is 2. The molecule has 0 aromatic heterocycles. The van der Waals surface area contributed by atoms with Crippen LogP contribution in [0.2, 0.25) is 0 Å². The van der Waals surface area contributed by atoms with E-state index in [0.29, 0.717) is 6.08 Å². The molecule has 0 spiro atoms. The first-order valence-electron chi connectivity index (χ1n) is 6.40. The Morgan fingerprint density at radius 3 is 2.25 bits per heavy atom. The summed E-state index contributed by atoms with van der Waals surface area (Å²) in [5.74, 6) is -2.76. The Bertz CT molecular complexity index is 704. The number of aliphatic carboxylic acids is 1. The number of aliphatic hydroxyl groups is 1. The van der Waals surface area contributed by atoms with Crippen LogP contribution in [0.15, 0.2) is 17.7 Å². The summed E-state index contributed by atoms with van der Waals surface area (Å²) >= 11 is 0. The van der Waals surface area contributed by atoms with Crippen LogP contribution in [0.1, 0.15) is 22.8 Å². The van der Waals surface area contributed by atoms with Crippen molar-refractivity contribution in [3.05, 3.63) is 34.4 Å². The Morgan fingerprint density at radius 2 is 1.79 bits per heavy atom. The molecule has 0 amide bonds. The summed E-state index contributed by atoms with van der Waals surface area (Å²) in [6.45, 7) is 1.34. The van der Waals surface area contributed by atoms with E-state index in [1.165, 1.54) is 6.92 Å². The molecule has 0 saturated heterocycles. The fourth-order valence-corrected chi connectivity index (χ4v) is 2.29. The van der Waals surface area contributed by atoms with E-state index < -0.39 is 47.4 Å². The molecule has 1 aromatic carbocycles. The van der Waals surface area contributed by atoms with Crippen LogP contribution in [0.3, 0.4) is 0 Å². The van der Waals surface area contributed by atoms with Crippen LogP contribution in [-0.4, -0.2) is 34.6 Å². The lowest BCUT2D eigenvalue weighted by Crippen LogP contribution is -2.40. The number of ether oxygens (including phenoxy) is 1. The normalized spacial score (nSPS) is 19.2. The van der Waals surface area contributed by atoms with Crippen molar-refractivity contribution in [2.45, 2.75) is 31.5 Å². The third-order valence-electron chi connectivity index (χ3n) is 3.27. The largest absolute Gasteiger partial charge is 0.478 e. The molecule has 24 heavy (non-hydrogen) atoms. The monoisotopic (exact) mass is 356 g/mol. The zero-order chi connectivity index (χ0) is 18.4. The van der Waals surface area contributed by atoms with Crippen LogP contribution in [0.25, 0.3) is 6.08 Å². The van der Waals surface area contributed by atoms with Gasteiger partial charge >= 0.3 is 18.3 Å². The second-order valence-electron chi connectivity index (χ2n) is 5.16. The van der Waals surface area contributed by atoms with Crippen LogP contribution in [0.4, 0.5) is 26.3 Å². The maximum absolute atomic E-state index is 13.0. The molecule has 2 rings (SSSR count). The summed E-state index contributed by atoms with van der Waals surface area (Å²) < 4.78 is 81.7. The molecule has 1 aliphatic rings. The smallest absolute Gasteiger partial charge is 0.430 e. The van der Waals surface area contributed by atoms with Gasteiger partial charge in [0.05, 0.1) is 5.57 Å². The van der Waals surface area contributed by atoms with Gasteiger partial charge in [-0.05, 0) is 30.7 Å². The van der Waals surface area contributed by atoms with E-state index in [2.05, 4.69) is 4.74 Å². The van der Waals surface area contributed by atoms with E-state index in [9.17, 15) is 36.2 Å². The Kier molecular flexibility index (Phi) is 4.29. The highest BCUT2D eigenvalue weighted by Crippen LogP contribution is 2.44. The van der Waals surface area contributed by atoms with Crippen molar-refractivity contribution < 1.29 is 46.1 Å². The number of fused-ring (bicyclic) bond motifs is 1. The Balaban J connectivity index is 2.68. The standard InChI is InChI=1S/C14H10F6O4/c1-5-2-6-4-8(12(22)23)11(14(18,19)20)24-9(6)7(3-5)10(21)13(15,16)17/h2-4,10-11,21H,1H3,(H,22,23). The fourth-order valence-electron chi connectivity index (χ4n) is 2.29. The number of hydrogen-bond acceptors (Lipinski definition) is 3. The molecule has 0 radical (unpaired) electrons. The lowest BCUT2D eigenvalue weighted by molar-refractivity contribution is -0.208. The van der Waals surface area contributed by atoms with Gasteiger partial charge in [-0.2, -0.15) is 26.3 Å². The van der Waals surface area contributed by atoms with Crippen molar-refractivity contribution in [3.8, 4) is 5.75 Å². The van der Waals surface area contributed by atoms with E-state index in [-0.39, 0.29) is 11.1 Å². The first-order chi connectivity index (χ1) is 10.8. The zero-order valence-corrected chi connectivity index (χ0v) is 11.9. The summed E-state index contributed by atoms with van der Waals surface area (Å²) in [6.07, 6.45) is -15.7. The van der Waals surface area contributed by atoms with Crippen molar-refractivity contribution in [3.63, 3.8) is 0 Å². The molecule has 132 valence electrons. The SMILES string of the molecule is Cc1cc2c(c(C(O)C(F)(F)F)c1)OC(C(F)(F)F)C(C(=O)O)=C2. The number of carboxylic acids is 1. The minimum atomic E-state index is -5.16. The predicted octanol–water partition coefficient (Wildman–Crippen LogP) is 3.38. The molecular weight excluding hydrogens is 346 g/mol. The second-order valence-corrected chi connectivity index (χ2v) is 5.16. The van der Waals surface area contributed by atoms with Crippen molar-refractivity contribution in [2.24, 2.45) is 0 Å². The fraction of sp³-hybridized carbons (Fsp3) is 0.357. The Hall–Kier alpha value is -2.23. The Morgan fingerprint density at radius 1 is 1.21 bits per heavy atom. The summed E-state index contributed by atoms with van der Waals surface area (Å²) in [7, 11) is 0. The van der Waals surface area contributed by atoms with Gasteiger partial charge in [0.25, 0.3) is 0 Å². The number of alkyl halides is 6. The summed E-state index contributed by atoms with van der Waals surface area (Å²) in [4.78, 5) is 11.0. The van der Waals surface area contributed by atoms with Crippen LogP contribution in [0.5, 0.6) is 5.75 Å². The highest BCUT2D eigenvalue weighted by Gasteiger charge is 2.50. The lowest BCUT2D eigenvalue weighted by Gasteiger charge is -2.30. The number of rotatable bonds is 2. The molecule has 2 unspecified atom stereocenters. The molecule has 0 saturated carbocycles. The summed E-state index contributed by atoms with van der Waals surface area (Å²) in [6, 6.07) is 2.00. The van der Waals surface area contributed by atoms with E-state index in [0.717, 1.165) is 12.1 Å². The summed E-state index contributed by atoms with van der Waals surface area (Å²) in [5.41, 5.74) is -2.17. The van der Waals surface area contributed by atoms with Gasteiger partial charge in [-0.3, -0.25) is 0 Å². The molecule has 0 fully saturated rings. The molecular formula is C14H10F6O4. The number of aliphatic hydroxyl groups excluding tert-OH is 1. The van der Waals surface area contributed by atoms with Gasteiger partial charge in [-0.15, -0.1) is 0 Å². The molecule has 1 aromatic rings.